The summed E-state index contributed by atoms with van der Waals surface area (Å²) in [5, 5.41) is 14.0. The zero-order valence-electron chi connectivity index (χ0n) is 13.8. The quantitative estimate of drug-likeness (QED) is 0.883. The number of nitrogens with one attached hydrogen (secondary N) is 1. The second-order valence-corrected chi connectivity index (χ2v) is 6.66. The molecule has 1 saturated carbocycles. The second kappa shape index (κ2) is 6.99. The molecule has 0 saturated heterocycles. The molecule has 3 rings (SSSR count). The molecule has 0 amide bonds. The number of benzene rings is 1. The van der Waals surface area contributed by atoms with E-state index in [0.717, 1.165) is 38.2 Å². The summed E-state index contributed by atoms with van der Waals surface area (Å²) in [5.74, 6) is -0.605. The monoisotopic (exact) mass is 335 g/mol. The summed E-state index contributed by atoms with van der Waals surface area (Å²) in [4.78, 5) is 4.30. The maximum Gasteiger partial charge on any atom is 0.131 e. The van der Waals surface area contributed by atoms with Crippen molar-refractivity contribution in [2.45, 2.75) is 43.7 Å². The summed E-state index contributed by atoms with van der Waals surface area (Å²) in [5.41, 5.74) is -0.455. The third-order valence-corrected chi connectivity index (χ3v) is 4.81. The van der Waals surface area contributed by atoms with Gasteiger partial charge in [0, 0.05) is 37.6 Å². The van der Waals surface area contributed by atoms with Crippen LogP contribution < -0.4 is 5.32 Å². The fraction of sp³-hybridized carbons (Fsp3) is 0.500. The van der Waals surface area contributed by atoms with Gasteiger partial charge in [-0.2, -0.15) is 0 Å². The van der Waals surface area contributed by atoms with E-state index < -0.39 is 23.3 Å². The number of hydrogen-bond donors (Lipinski definition) is 2. The predicted octanol–water partition coefficient (Wildman–Crippen LogP) is 3.07. The van der Waals surface area contributed by atoms with Crippen molar-refractivity contribution in [1.82, 2.24) is 14.9 Å². The van der Waals surface area contributed by atoms with Gasteiger partial charge in [0.25, 0.3) is 0 Å². The van der Waals surface area contributed by atoms with E-state index in [-0.39, 0.29) is 0 Å². The highest BCUT2D eigenvalue weighted by atomic mass is 19.1. The molecule has 2 N–H and O–H groups in total. The van der Waals surface area contributed by atoms with Crippen LogP contribution in [-0.2, 0) is 7.05 Å². The van der Waals surface area contributed by atoms with Gasteiger partial charge in [-0.1, -0.05) is 25.3 Å². The van der Waals surface area contributed by atoms with Crippen LogP contribution in [0.4, 0.5) is 8.78 Å². The number of nitrogens with zero attached hydrogens (tertiary/aromatic N) is 2. The molecule has 0 bridgehead atoms. The van der Waals surface area contributed by atoms with Gasteiger partial charge in [-0.25, -0.2) is 13.8 Å². The Bertz CT molecular complexity index is 695. The van der Waals surface area contributed by atoms with Crippen LogP contribution >= 0.6 is 0 Å². The summed E-state index contributed by atoms with van der Waals surface area (Å²) in [6.07, 6.45) is 8.02. The summed E-state index contributed by atoms with van der Waals surface area (Å²) < 4.78 is 29.4. The maximum atomic E-state index is 14.3. The molecular formula is C18H23F2N3O. The van der Waals surface area contributed by atoms with Gasteiger partial charge in [0.15, 0.2) is 0 Å². The number of halogens is 2. The largest absolute Gasteiger partial charge is 0.389 e. The highest BCUT2D eigenvalue weighted by Crippen LogP contribution is 2.30. The zero-order valence-corrected chi connectivity index (χ0v) is 13.8. The Hall–Kier alpha value is -1.79. The Morgan fingerprint density at radius 3 is 2.67 bits per heavy atom. The van der Waals surface area contributed by atoms with Gasteiger partial charge in [-0.15, -0.1) is 0 Å². The van der Waals surface area contributed by atoms with E-state index >= 15 is 0 Å². The first-order valence-corrected chi connectivity index (χ1v) is 8.36. The summed E-state index contributed by atoms with van der Waals surface area (Å²) in [6, 6.07) is 3.01. The Morgan fingerprint density at radius 1 is 1.29 bits per heavy atom. The molecule has 6 heteroatoms. The number of imidazole rings is 1. The number of aromatic nitrogens is 2. The van der Waals surface area contributed by atoms with Crippen molar-refractivity contribution in [3.8, 4) is 0 Å². The Kier molecular flexibility index (Phi) is 4.96. The summed E-state index contributed by atoms with van der Waals surface area (Å²) in [7, 11) is 1.83. The zero-order chi connectivity index (χ0) is 17.2. The van der Waals surface area contributed by atoms with Crippen LogP contribution in [0.3, 0.4) is 0 Å². The van der Waals surface area contributed by atoms with Gasteiger partial charge in [-0.3, -0.25) is 0 Å². The minimum Gasteiger partial charge on any atom is -0.389 e. The van der Waals surface area contributed by atoms with Crippen LogP contribution in [0.5, 0.6) is 0 Å². The third kappa shape index (κ3) is 3.65. The SMILES string of the molecule is Cn1ccnc1C(NCC1(O)CCCCC1)c1ccc(F)cc1F. The number of rotatable bonds is 5. The van der Waals surface area contributed by atoms with Crippen LogP contribution in [0.25, 0.3) is 0 Å². The molecule has 0 radical (unpaired) electrons. The van der Waals surface area contributed by atoms with Gasteiger partial charge in [0.05, 0.1) is 11.6 Å². The molecule has 1 aromatic heterocycles. The molecule has 1 unspecified atom stereocenters. The molecule has 1 atom stereocenters. The molecule has 1 aromatic carbocycles. The lowest BCUT2D eigenvalue weighted by Crippen LogP contribution is -2.44. The van der Waals surface area contributed by atoms with Crippen molar-refractivity contribution in [3.63, 3.8) is 0 Å². The second-order valence-electron chi connectivity index (χ2n) is 6.66. The predicted molar refractivity (Wildman–Crippen MR) is 87.4 cm³/mol. The van der Waals surface area contributed by atoms with Crippen LogP contribution in [0.2, 0.25) is 0 Å². The van der Waals surface area contributed by atoms with E-state index in [0.29, 0.717) is 17.9 Å². The van der Waals surface area contributed by atoms with Crippen molar-refractivity contribution < 1.29 is 13.9 Å². The molecule has 1 aliphatic carbocycles. The highest BCUT2D eigenvalue weighted by molar-refractivity contribution is 5.27. The van der Waals surface area contributed by atoms with E-state index in [1.54, 1.807) is 17.0 Å². The average Bonchev–Trinajstić information content (AvgIpc) is 2.96. The average molecular weight is 335 g/mol. The van der Waals surface area contributed by atoms with Crippen molar-refractivity contribution in [2.75, 3.05) is 6.54 Å². The van der Waals surface area contributed by atoms with E-state index in [2.05, 4.69) is 10.3 Å². The van der Waals surface area contributed by atoms with Gasteiger partial charge in [0.1, 0.15) is 17.5 Å². The highest BCUT2D eigenvalue weighted by Gasteiger charge is 2.31. The molecule has 1 fully saturated rings. The van der Waals surface area contributed by atoms with Crippen molar-refractivity contribution >= 4 is 0 Å². The number of hydrogen-bond acceptors (Lipinski definition) is 3. The molecule has 130 valence electrons. The Morgan fingerprint density at radius 2 is 2.04 bits per heavy atom. The van der Waals surface area contributed by atoms with Crippen LogP contribution in [0.15, 0.2) is 30.6 Å². The lowest BCUT2D eigenvalue weighted by atomic mass is 9.84. The molecule has 1 aliphatic rings. The third-order valence-electron chi connectivity index (χ3n) is 4.81. The van der Waals surface area contributed by atoms with E-state index in [1.165, 1.54) is 12.1 Å². The molecule has 0 spiro atoms. The molecule has 0 aliphatic heterocycles. The molecule has 1 heterocycles. The Balaban J connectivity index is 1.87. The first-order chi connectivity index (χ1) is 11.5. The molecular weight excluding hydrogens is 312 g/mol. The smallest absolute Gasteiger partial charge is 0.131 e. The van der Waals surface area contributed by atoms with Crippen LogP contribution in [0.1, 0.15) is 49.5 Å². The number of aliphatic hydroxyl groups is 1. The van der Waals surface area contributed by atoms with Crippen molar-refractivity contribution in [1.29, 1.82) is 0 Å². The fourth-order valence-electron chi connectivity index (χ4n) is 3.41. The Labute approximate surface area is 140 Å². The molecule has 4 nitrogen and oxygen atoms in total. The first-order valence-electron chi connectivity index (χ1n) is 8.36. The summed E-state index contributed by atoms with van der Waals surface area (Å²) in [6.45, 7) is 0.349. The maximum absolute atomic E-state index is 14.3. The fourth-order valence-corrected chi connectivity index (χ4v) is 3.41. The minimum absolute atomic E-state index is 0.324. The van der Waals surface area contributed by atoms with Crippen molar-refractivity contribution in [3.05, 3.63) is 53.6 Å². The standard InChI is InChI=1S/C18H23F2N3O/c1-23-10-9-21-17(23)16(14-6-5-13(19)11-15(14)20)22-12-18(24)7-3-2-4-8-18/h5-6,9-11,16,22,24H,2-4,7-8,12H2,1H3. The normalized spacial score (nSPS) is 18.5. The van der Waals surface area contributed by atoms with E-state index in [1.807, 2.05) is 7.05 Å². The van der Waals surface area contributed by atoms with Gasteiger partial charge in [-0.05, 0) is 18.9 Å². The van der Waals surface area contributed by atoms with Gasteiger partial charge >= 0.3 is 0 Å². The molecule has 2 aromatic rings. The van der Waals surface area contributed by atoms with E-state index in [4.69, 9.17) is 0 Å². The summed E-state index contributed by atoms with van der Waals surface area (Å²) >= 11 is 0. The van der Waals surface area contributed by atoms with Gasteiger partial charge in [0.2, 0.25) is 0 Å². The minimum atomic E-state index is -0.780. The molecule has 24 heavy (non-hydrogen) atoms. The first kappa shape index (κ1) is 17.0. The van der Waals surface area contributed by atoms with E-state index in [9.17, 15) is 13.9 Å². The number of aryl methyl sites for hydroxylation is 1. The lowest BCUT2D eigenvalue weighted by molar-refractivity contribution is 0.00319. The topological polar surface area (TPSA) is 50.1 Å². The van der Waals surface area contributed by atoms with Gasteiger partial charge < -0.3 is 15.0 Å². The van der Waals surface area contributed by atoms with Crippen molar-refractivity contribution in [2.24, 2.45) is 7.05 Å². The lowest BCUT2D eigenvalue weighted by Gasteiger charge is -2.34. The van der Waals surface area contributed by atoms with Crippen LogP contribution in [0, 0.1) is 11.6 Å². The van der Waals surface area contributed by atoms with Crippen LogP contribution in [-0.4, -0.2) is 26.8 Å².